The van der Waals surface area contributed by atoms with Crippen LogP contribution < -0.4 is 5.32 Å². The molecular formula is C20H21N3OS. The third kappa shape index (κ3) is 3.17. The van der Waals surface area contributed by atoms with Gasteiger partial charge >= 0.3 is 0 Å². The number of aromatic nitrogens is 1. The smallest absolute Gasteiger partial charge is 0.254 e. The summed E-state index contributed by atoms with van der Waals surface area (Å²) >= 11 is 1.57. The lowest BCUT2D eigenvalue weighted by atomic mass is 10.00. The van der Waals surface area contributed by atoms with E-state index in [2.05, 4.69) is 41.5 Å². The zero-order valence-corrected chi connectivity index (χ0v) is 15.1. The molecule has 1 amide bonds. The number of piperazine rings is 1. The minimum absolute atomic E-state index is 0.0734. The standard InChI is InChI=1S/C20H21N3OS/c1-2-14-3-5-15(6-4-14)18-12-21-9-10-23(18)20(24)16-7-8-17-19(11-16)25-13-22-17/h3-8,11,13,18,21H,2,9-10,12H2,1H3. The van der Waals surface area contributed by atoms with Crippen LogP contribution in [-0.2, 0) is 6.42 Å². The molecule has 1 unspecified atom stereocenters. The van der Waals surface area contributed by atoms with Gasteiger partial charge < -0.3 is 10.2 Å². The van der Waals surface area contributed by atoms with Gasteiger partial charge in [-0.05, 0) is 35.7 Å². The summed E-state index contributed by atoms with van der Waals surface area (Å²) in [7, 11) is 0. The van der Waals surface area contributed by atoms with E-state index in [4.69, 9.17) is 0 Å². The number of nitrogens with one attached hydrogen (secondary N) is 1. The molecule has 25 heavy (non-hydrogen) atoms. The summed E-state index contributed by atoms with van der Waals surface area (Å²) in [6.45, 7) is 4.50. The van der Waals surface area contributed by atoms with Crippen molar-refractivity contribution in [3.05, 3.63) is 64.7 Å². The van der Waals surface area contributed by atoms with E-state index in [1.165, 1.54) is 11.1 Å². The molecular weight excluding hydrogens is 330 g/mol. The fourth-order valence-electron chi connectivity index (χ4n) is 3.37. The lowest BCUT2D eigenvalue weighted by Gasteiger charge is -2.36. The predicted octanol–water partition coefficient (Wildman–Crippen LogP) is 3.65. The predicted molar refractivity (Wildman–Crippen MR) is 102 cm³/mol. The zero-order chi connectivity index (χ0) is 17.2. The molecule has 3 aromatic rings. The Labute approximate surface area is 151 Å². The van der Waals surface area contributed by atoms with E-state index in [9.17, 15) is 4.79 Å². The maximum atomic E-state index is 13.2. The van der Waals surface area contributed by atoms with Crippen LogP contribution in [0.4, 0.5) is 0 Å². The van der Waals surface area contributed by atoms with E-state index in [1.807, 2.05) is 28.6 Å². The molecule has 1 fully saturated rings. The molecule has 0 saturated carbocycles. The van der Waals surface area contributed by atoms with Crippen molar-refractivity contribution < 1.29 is 4.79 Å². The molecule has 1 atom stereocenters. The SMILES string of the molecule is CCc1ccc(C2CNCCN2C(=O)c2ccc3ncsc3c2)cc1. The number of benzene rings is 2. The monoisotopic (exact) mass is 351 g/mol. The van der Waals surface area contributed by atoms with Crippen molar-refractivity contribution in [2.75, 3.05) is 19.6 Å². The van der Waals surface area contributed by atoms with E-state index in [0.717, 1.165) is 41.8 Å². The first-order valence-electron chi connectivity index (χ1n) is 8.70. The highest BCUT2D eigenvalue weighted by Crippen LogP contribution is 2.26. The van der Waals surface area contributed by atoms with Gasteiger partial charge in [0.05, 0.1) is 21.8 Å². The highest BCUT2D eigenvalue weighted by Gasteiger charge is 2.28. The lowest BCUT2D eigenvalue weighted by molar-refractivity contribution is 0.0634. The Morgan fingerprint density at radius 3 is 2.92 bits per heavy atom. The van der Waals surface area contributed by atoms with Crippen LogP contribution in [0.15, 0.2) is 48.0 Å². The minimum Gasteiger partial charge on any atom is -0.329 e. The highest BCUT2D eigenvalue weighted by molar-refractivity contribution is 7.16. The van der Waals surface area contributed by atoms with Crippen LogP contribution in [0.2, 0.25) is 0 Å². The topological polar surface area (TPSA) is 45.2 Å². The Morgan fingerprint density at radius 2 is 2.12 bits per heavy atom. The molecule has 1 saturated heterocycles. The summed E-state index contributed by atoms with van der Waals surface area (Å²) in [6.07, 6.45) is 1.03. The first-order valence-corrected chi connectivity index (χ1v) is 9.58. The van der Waals surface area contributed by atoms with Crippen LogP contribution >= 0.6 is 11.3 Å². The summed E-state index contributed by atoms with van der Waals surface area (Å²) < 4.78 is 1.06. The maximum Gasteiger partial charge on any atom is 0.254 e. The van der Waals surface area contributed by atoms with Crippen molar-refractivity contribution >= 4 is 27.5 Å². The van der Waals surface area contributed by atoms with Crippen LogP contribution in [0.3, 0.4) is 0 Å². The van der Waals surface area contributed by atoms with Crippen molar-refractivity contribution in [2.45, 2.75) is 19.4 Å². The number of carbonyl (C=O) groups is 1. The van der Waals surface area contributed by atoms with E-state index in [1.54, 1.807) is 11.3 Å². The number of amides is 1. The van der Waals surface area contributed by atoms with E-state index in [0.29, 0.717) is 0 Å². The normalized spacial score (nSPS) is 17.8. The molecule has 0 aliphatic carbocycles. The van der Waals surface area contributed by atoms with Gasteiger partial charge in [-0.25, -0.2) is 4.98 Å². The summed E-state index contributed by atoms with van der Waals surface area (Å²) in [5.74, 6) is 0.0985. The van der Waals surface area contributed by atoms with Gasteiger partial charge in [-0.15, -0.1) is 11.3 Å². The van der Waals surface area contributed by atoms with Crippen LogP contribution in [0.5, 0.6) is 0 Å². The summed E-state index contributed by atoms with van der Waals surface area (Å²) in [6, 6.07) is 14.5. The molecule has 1 aliphatic rings. The number of fused-ring (bicyclic) bond motifs is 1. The van der Waals surface area contributed by atoms with Gasteiger partial charge in [0.1, 0.15) is 0 Å². The van der Waals surface area contributed by atoms with Crippen molar-refractivity contribution in [2.24, 2.45) is 0 Å². The first-order chi connectivity index (χ1) is 12.3. The van der Waals surface area contributed by atoms with Crippen molar-refractivity contribution in [3.63, 3.8) is 0 Å². The average Bonchev–Trinajstić information content (AvgIpc) is 3.15. The summed E-state index contributed by atoms with van der Waals surface area (Å²) in [4.78, 5) is 19.4. The van der Waals surface area contributed by atoms with Crippen LogP contribution in [-0.4, -0.2) is 35.4 Å². The van der Waals surface area contributed by atoms with Gasteiger partial charge in [0.15, 0.2) is 0 Å². The second-order valence-corrected chi connectivity index (χ2v) is 7.23. The van der Waals surface area contributed by atoms with Crippen LogP contribution in [0.25, 0.3) is 10.2 Å². The molecule has 2 aromatic carbocycles. The second kappa shape index (κ2) is 6.94. The lowest BCUT2D eigenvalue weighted by Crippen LogP contribution is -2.48. The molecule has 0 spiro atoms. The number of hydrogen-bond acceptors (Lipinski definition) is 4. The van der Waals surface area contributed by atoms with Gasteiger partial charge in [0.25, 0.3) is 5.91 Å². The van der Waals surface area contributed by atoms with E-state index < -0.39 is 0 Å². The largest absolute Gasteiger partial charge is 0.329 e. The Morgan fingerprint density at radius 1 is 1.28 bits per heavy atom. The molecule has 4 rings (SSSR count). The Balaban J connectivity index is 1.63. The minimum atomic E-state index is 0.0734. The van der Waals surface area contributed by atoms with Gasteiger partial charge in [0.2, 0.25) is 0 Å². The number of hydrogen-bond donors (Lipinski definition) is 1. The first kappa shape index (κ1) is 16.2. The van der Waals surface area contributed by atoms with Gasteiger partial charge in [-0.1, -0.05) is 31.2 Å². The molecule has 2 heterocycles. The molecule has 0 bridgehead atoms. The molecule has 1 N–H and O–H groups in total. The number of rotatable bonds is 3. The summed E-state index contributed by atoms with van der Waals surface area (Å²) in [5.41, 5.74) is 6.03. The Bertz CT molecular complexity index is 887. The van der Waals surface area contributed by atoms with E-state index >= 15 is 0 Å². The average molecular weight is 351 g/mol. The van der Waals surface area contributed by atoms with Crippen molar-refractivity contribution in [1.29, 1.82) is 0 Å². The van der Waals surface area contributed by atoms with Gasteiger partial charge in [0, 0.05) is 25.2 Å². The molecule has 1 aliphatic heterocycles. The number of carbonyl (C=O) groups excluding carboxylic acids is 1. The molecule has 1 aromatic heterocycles. The van der Waals surface area contributed by atoms with Crippen molar-refractivity contribution in [3.8, 4) is 0 Å². The Kier molecular flexibility index (Phi) is 4.51. The molecule has 5 heteroatoms. The molecule has 128 valence electrons. The van der Waals surface area contributed by atoms with Crippen molar-refractivity contribution in [1.82, 2.24) is 15.2 Å². The van der Waals surface area contributed by atoms with Gasteiger partial charge in [-0.2, -0.15) is 0 Å². The van der Waals surface area contributed by atoms with Crippen LogP contribution in [0, 0.1) is 0 Å². The summed E-state index contributed by atoms with van der Waals surface area (Å²) in [5, 5.41) is 3.42. The zero-order valence-electron chi connectivity index (χ0n) is 14.2. The van der Waals surface area contributed by atoms with Crippen LogP contribution in [0.1, 0.15) is 34.5 Å². The quantitative estimate of drug-likeness (QED) is 0.783. The third-order valence-corrected chi connectivity index (χ3v) is 5.65. The van der Waals surface area contributed by atoms with Gasteiger partial charge in [-0.3, -0.25) is 4.79 Å². The maximum absolute atomic E-state index is 13.2. The fraction of sp³-hybridized carbons (Fsp3) is 0.300. The van der Waals surface area contributed by atoms with E-state index in [-0.39, 0.29) is 11.9 Å². The fourth-order valence-corrected chi connectivity index (χ4v) is 4.09. The molecule has 4 nitrogen and oxygen atoms in total. The Hall–Kier alpha value is -2.24. The third-order valence-electron chi connectivity index (χ3n) is 4.86. The highest BCUT2D eigenvalue weighted by atomic mass is 32.1. The second-order valence-electron chi connectivity index (χ2n) is 6.35. The number of aryl methyl sites for hydroxylation is 1. The number of thiazole rings is 1. The number of nitrogens with zero attached hydrogens (tertiary/aromatic N) is 2. The molecule has 0 radical (unpaired) electrons.